The summed E-state index contributed by atoms with van der Waals surface area (Å²) in [5.74, 6) is -0.842. The first-order chi connectivity index (χ1) is 19.6. The zero-order valence-corrected chi connectivity index (χ0v) is 26.5. The second-order valence-electron chi connectivity index (χ2n) is 10.1. The normalized spacial score (nSPS) is 14.7. The zero-order chi connectivity index (χ0) is 29.6. The number of carbonyl (C=O) groups is 2. The van der Waals surface area contributed by atoms with Gasteiger partial charge in [0.15, 0.2) is 0 Å². The number of nitrogens with one attached hydrogen (secondary N) is 1. The lowest BCUT2D eigenvalue weighted by atomic mass is 9.95. The Hall–Kier alpha value is -2.59. The van der Waals surface area contributed by atoms with E-state index >= 15 is 0 Å². The SMILES string of the molecule is CC(C(=O)NC1CCCCC1)N(Cc1cccc(Br)c1)C(=O)CN(c1cccc(Cl)c1Cl)S(=O)(=O)c1ccccc1. The van der Waals surface area contributed by atoms with E-state index in [9.17, 15) is 18.0 Å². The van der Waals surface area contributed by atoms with Crippen LogP contribution in [0.3, 0.4) is 0 Å². The molecule has 0 bridgehead atoms. The van der Waals surface area contributed by atoms with Crippen LogP contribution in [0.5, 0.6) is 0 Å². The molecule has 1 saturated carbocycles. The van der Waals surface area contributed by atoms with Crippen molar-refractivity contribution in [1.82, 2.24) is 10.2 Å². The van der Waals surface area contributed by atoms with Crippen LogP contribution >= 0.6 is 39.1 Å². The average Bonchev–Trinajstić information content (AvgIpc) is 2.97. The molecule has 1 atom stereocenters. The molecule has 1 N–H and O–H groups in total. The van der Waals surface area contributed by atoms with Crippen LogP contribution in [0.25, 0.3) is 0 Å². The third-order valence-corrected chi connectivity index (χ3v) is 10.2. The third kappa shape index (κ3) is 7.83. The Morgan fingerprint density at radius 3 is 2.34 bits per heavy atom. The van der Waals surface area contributed by atoms with Crippen LogP contribution in [-0.2, 0) is 26.2 Å². The fourth-order valence-electron chi connectivity index (χ4n) is 4.90. The number of amides is 2. The van der Waals surface area contributed by atoms with Gasteiger partial charge >= 0.3 is 0 Å². The van der Waals surface area contributed by atoms with E-state index in [1.54, 1.807) is 37.3 Å². The molecule has 0 heterocycles. The first-order valence-corrected chi connectivity index (χ1v) is 16.4. The number of benzene rings is 3. The fourth-order valence-corrected chi connectivity index (χ4v) is 7.24. The Balaban J connectivity index is 1.70. The molecule has 1 fully saturated rings. The summed E-state index contributed by atoms with van der Waals surface area (Å²) >= 11 is 16.2. The predicted octanol–water partition coefficient (Wildman–Crippen LogP) is 6.82. The van der Waals surface area contributed by atoms with Crippen molar-refractivity contribution in [1.29, 1.82) is 0 Å². The van der Waals surface area contributed by atoms with Gasteiger partial charge in [-0.25, -0.2) is 8.42 Å². The van der Waals surface area contributed by atoms with Gasteiger partial charge < -0.3 is 10.2 Å². The Labute approximate surface area is 260 Å². The minimum atomic E-state index is -4.24. The molecule has 0 aliphatic heterocycles. The molecule has 0 saturated heterocycles. The summed E-state index contributed by atoms with van der Waals surface area (Å²) in [6, 6.07) is 19.0. The molecule has 1 aliphatic rings. The summed E-state index contributed by atoms with van der Waals surface area (Å²) in [7, 11) is -4.24. The molecule has 3 aromatic carbocycles. The van der Waals surface area contributed by atoms with Crippen molar-refractivity contribution in [3.05, 3.63) is 92.9 Å². The molecule has 4 rings (SSSR count). The predicted molar refractivity (Wildman–Crippen MR) is 167 cm³/mol. The summed E-state index contributed by atoms with van der Waals surface area (Å²) in [6.45, 7) is 1.17. The van der Waals surface area contributed by atoms with Crippen LogP contribution in [0.1, 0.15) is 44.6 Å². The maximum Gasteiger partial charge on any atom is 0.264 e. The van der Waals surface area contributed by atoms with Crippen molar-refractivity contribution < 1.29 is 18.0 Å². The van der Waals surface area contributed by atoms with E-state index in [4.69, 9.17) is 23.2 Å². The smallest absolute Gasteiger partial charge is 0.264 e. The number of rotatable bonds is 10. The Bertz CT molecular complexity index is 1480. The molecule has 2 amide bonds. The summed E-state index contributed by atoms with van der Waals surface area (Å²) in [5, 5.41) is 3.25. The van der Waals surface area contributed by atoms with Gasteiger partial charge in [0.25, 0.3) is 10.0 Å². The van der Waals surface area contributed by atoms with Crippen LogP contribution in [0.15, 0.2) is 82.2 Å². The molecule has 41 heavy (non-hydrogen) atoms. The van der Waals surface area contributed by atoms with Gasteiger partial charge in [0, 0.05) is 17.1 Å². The lowest BCUT2D eigenvalue weighted by Crippen LogP contribution is -2.53. The largest absolute Gasteiger partial charge is 0.352 e. The Kier molecular flexibility index (Phi) is 10.7. The second-order valence-corrected chi connectivity index (χ2v) is 13.6. The first kappa shape index (κ1) is 31.3. The Morgan fingerprint density at radius 1 is 0.976 bits per heavy atom. The molecule has 218 valence electrons. The van der Waals surface area contributed by atoms with Crippen LogP contribution in [0, 0.1) is 0 Å². The molecule has 3 aromatic rings. The fraction of sp³-hybridized carbons (Fsp3) is 0.333. The van der Waals surface area contributed by atoms with E-state index in [0.29, 0.717) is 0 Å². The quantitative estimate of drug-likeness (QED) is 0.255. The lowest BCUT2D eigenvalue weighted by Gasteiger charge is -2.33. The number of carbonyl (C=O) groups excluding carboxylic acids is 2. The summed E-state index contributed by atoms with van der Waals surface area (Å²) in [6.07, 6.45) is 5.04. The number of hydrogen-bond acceptors (Lipinski definition) is 4. The monoisotopic (exact) mass is 679 g/mol. The molecular weight excluding hydrogens is 649 g/mol. The number of sulfonamides is 1. The summed E-state index contributed by atoms with van der Waals surface area (Å²) in [5.41, 5.74) is 0.849. The highest BCUT2D eigenvalue weighted by Gasteiger charge is 2.34. The molecule has 0 aromatic heterocycles. The van der Waals surface area contributed by atoms with Crippen LogP contribution in [0.2, 0.25) is 10.0 Å². The molecule has 1 aliphatic carbocycles. The number of halogens is 3. The van der Waals surface area contributed by atoms with Crippen molar-refractivity contribution in [2.75, 3.05) is 10.8 Å². The second kappa shape index (κ2) is 14.1. The van der Waals surface area contributed by atoms with Gasteiger partial charge in [-0.3, -0.25) is 13.9 Å². The van der Waals surface area contributed by atoms with Gasteiger partial charge in [0.2, 0.25) is 11.8 Å². The summed E-state index contributed by atoms with van der Waals surface area (Å²) in [4.78, 5) is 28.9. The number of nitrogens with zero attached hydrogens (tertiary/aromatic N) is 2. The van der Waals surface area contributed by atoms with Crippen LogP contribution < -0.4 is 9.62 Å². The van der Waals surface area contributed by atoms with Crippen molar-refractivity contribution in [2.24, 2.45) is 0 Å². The van der Waals surface area contributed by atoms with Gasteiger partial charge in [-0.1, -0.05) is 94.8 Å². The van der Waals surface area contributed by atoms with E-state index < -0.39 is 28.5 Å². The van der Waals surface area contributed by atoms with E-state index in [2.05, 4.69) is 21.2 Å². The maximum atomic E-state index is 14.1. The highest BCUT2D eigenvalue weighted by atomic mass is 79.9. The molecule has 0 radical (unpaired) electrons. The topological polar surface area (TPSA) is 86.8 Å². The van der Waals surface area contributed by atoms with Gasteiger partial charge in [-0.2, -0.15) is 0 Å². The highest BCUT2D eigenvalue weighted by molar-refractivity contribution is 9.10. The van der Waals surface area contributed by atoms with E-state index in [0.717, 1.165) is 46.4 Å². The Morgan fingerprint density at radius 2 is 1.66 bits per heavy atom. The first-order valence-electron chi connectivity index (χ1n) is 13.4. The van der Waals surface area contributed by atoms with Crippen molar-refractivity contribution in [3.63, 3.8) is 0 Å². The molecule has 1 unspecified atom stereocenters. The average molecular weight is 681 g/mol. The highest BCUT2D eigenvalue weighted by Crippen LogP contribution is 2.35. The minimum absolute atomic E-state index is 0.00287. The zero-order valence-electron chi connectivity index (χ0n) is 22.6. The van der Waals surface area contributed by atoms with Crippen LogP contribution in [0.4, 0.5) is 5.69 Å². The standard InChI is InChI=1S/C30H32BrCl2N3O4S/c1-21(30(38)34-24-12-4-2-5-13-24)35(19-22-10-8-11-23(31)18-22)28(37)20-36(27-17-9-16-26(32)29(27)33)41(39,40)25-14-6-3-7-15-25/h3,6-11,14-18,21,24H,2,4-5,12-13,19-20H2,1H3,(H,34,38). The van der Waals surface area contributed by atoms with Crippen LogP contribution in [-0.4, -0.2) is 43.8 Å². The van der Waals surface area contributed by atoms with Crippen molar-refractivity contribution >= 4 is 66.7 Å². The van der Waals surface area contributed by atoms with Gasteiger partial charge in [0.05, 0.1) is 20.6 Å². The number of hydrogen-bond donors (Lipinski definition) is 1. The van der Waals surface area contributed by atoms with Gasteiger partial charge in [0.1, 0.15) is 12.6 Å². The lowest BCUT2D eigenvalue weighted by molar-refractivity contribution is -0.139. The minimum Gasteiger partial charge on any atom is -0.352 e. The molecule has 7 nitrogen and oxygen atoms in total. The maximum absolute atomic E-state index is 14.1. The third-order valence-electron chi connectivity index (χ3n) is 7.17. The molecular formula is C30H32BrCl2N3O4S. The van der Waals surface area contributed by atoms with E-state index in [1.807, 2.05) is 24.3 Å². The van der Waals surface area contributed by atoms with E-state index in [-0.39, 0.29) is 39.1 Å². The van der Waals surface area contributed by atoms with Crippen molar-refractivity contribution in [2.45, 2.75) is 62.6 Å². The van der Waals surface area contributed by atoms with Crippen molar-refractivity contribution in [3.8, 4) is 0 Å². The number of anilines is 1. The summed E-state index contributed by atoms with van der Waals surface area (Å²) < 4.78 is 29.6. The van der Waals surface area contributed by atoms with Gasteiger partial charge in [-0.05, 0) is 61.7 Å². The van der Waals surface area contributed by atoms with E-state index in [1.165, 1.54) is 23.1 Å². The molecule has 11 heteroatoms. The van der Waals surface area contributed by atoms with Gasteiger partial charge in [-0.15, -0.1) is 0 Å². The molecule has 0 spiro atoms.